The van der Waals surface area contributed by atoms with Crippen molar-refractivity contribution in [2.45, 2.75) is 40.2 Å². The molecule has 0 aromatic rings. The molecule has 0 saturated heterocycles. The maximum Gasteiger partial charge on any atom is 0.508 e. The van der Waals surface area contributed by atoms with Crippen molar-refractivity contribution >= 4 is 6.16 Å². The summed E-state index contributed by atoms with van der Waals surface area (Å²) in [6.07, 6.45) is 2.54. The van der Waals surface area contributed by atoms with E-state index >= 15 is 0 Å². The molecule has 3 heteroatoms. The van der Waals surface area contributed by atoms with Crippen molar-refractivity contribution in [3.63, 3.8) is 0 Å². The minimum atomic E-state index is -0.559. The van der Waals surface area contributed by atoms with E-state index in [9.17, 15) is 4.79 Å². The number of ether oxygens (including phenoxy) is 2. The zero-order chi connectivity index (χ0) is 11.4. The largest absolute Gasteiger partial charge is 0.508 e. The van der Waals surface area contributed by atoms with Crippen LogP contribution >= 0.6 is 0 Å². The van der Waals surface area contributed by atoms with Crippen molar-refractivity contribution in [3.8, 4) is 0 Å². The molecule has 0 amide bonds. The van der Waals surface area contributed by atoms with Gasteiger partial charge in [-0.25, -0.2) is 4.79 Å². The maximum atomic E-state index is 11.2. The van der Waals surface area contributed by atoms with Gasteiger partial charge in [0.2, 0.25) is 0 Å². The molecule has 1 rings (SSSR count). The molecule has 0 saturated carbocycles. The molecule has 1 aliphatic rings. The summed E-state index contributed by atoms with van der Waals surface area (Å²) < 4.78 is 10.1. The van der Waals surface area contributed by atoms with E-state index in [1.54, 1.807) is 6.92 Å². The van der Waals surface area contributed by atoms with Gasteiger partial charge in [-0.2, -0.15) is 0 Å². The van der Waals surface area contributed by atoms with Gasteiger partial charge in [-0.3, -0.25) is 0 Å². The summed E-state index contributed by atoms with van der Waals surface area (Å²) in [6, 6.07) is 0. The van der Waals surface area contributed by atoms with Crippen LogP contribution in [0.2, 0.25) is 0 Å². The average molecular weight is 212 g/mol. The third-order valence-electron chi connectivity index (χ3n) is 3.12. The van der Waals surface area contributed by atoms with Crippen LogP contribution in [0.3, 0.4) is 0 Å². The number of carbonyl (C=O) groups excluding carboxylic acids is 1. The van der Waals surface area contributed by atoms with Crippen LogP contribution in [0.1, 0.15) is 34.1 Å². The number of allylic oxidation sites excluding steroid dienone is 1. The Morgan fingerprint density at radius 1 is 1.53 bits per heavy atom. The van der Waals surface area contributed by atoms with Crippen LogP contribution in [0.15, 0.2) is 11.6 Å². The second kappa shape index (κ2) is 5.19. The summed E-state index contributed by atoms with van der Waals surface area (Å²) in [5.74, 6) is 0.910. The fraction of sp³-hybridized carbons (Fsp3) is 0.750. The van der Waals surface area contributed by atoms with Gasteiger partial charge >= 0.3 is 6.16 Å². The molecule has 15 heavy (non-hydrogen) atoms. The van der Waals surface area contributed by atoms with Gasteiger partial charge in [0.05, 0.1) is 6.61 Å². The molecule has 0 spiro atoms. The third-order valence-corrected chi connectivity index (χ3v) is 3.12. The van der Waals surface area contributed by atoms with E-state index in [0.29, 0.717) is 18.4 Å². The Morgan fingerprint density at radius 2 is 2.20 bits per heavy atom. The monoisotopic (exact) mass is 212 g/mol. The van der Waals surface area contributed by atoms with Gasteiger partial charge in [0, 0.05) is 5.92 Å². The molecule has 0 fully saturated rings. The molecule has 86 valence electrons. The normalized spacial score (nSPS) is 30.7. The van der Waals surface area contributed by atoms with Gasteiger partial charge in [-0.1, -0.05) is 19.9 Å². The highest BCUT2D eigenvalue weighted by atomic mass is 16.7. The molecule has 0 aromatic carbocycles. The first-order chi connectivity index (χ1) is 7.06. The summed E-state index contributed by atoms with van der Waals surface area (Å²) in [6.45, 7) is 8.43. The van der Waals surface area contributed by atoms with Crippen LogP contribution in [0.5, 0.6) is 0 Å². The lowest BCUT2D eigenvalue weighted by atomic mass is 9.80. The summed E-state index contributed by atoms with van der Waals surface area (Å²) >= 11 is 0. The van der Waals surface area contributed by atoms with Crippen molar-refractivity contribution in [2.75, 3.05) is 6.61 Å². The standard InChI is InChI=1S/C12H20O3/c1-5-14-12(13)15-11-9(3)7-6-8(2)10(11)4/h7-8,10-11H,5-6H2,1-4H3. The quantitative estimate of drug-likeness (QED) is 0.521. The van der Waals surface area contributed by atoms with E-state index in [1.807, 2.05) is 6.92 Å². The summed E-state index contributed by atoms with van der Waals surface area (Å²) in [5.41, 5.74) is 1.13. The van der Waals surface area contributed by atoms with E-state index in [1.165, 1.54) is 0 Å². The number of carbonyl (C=O) groups is 1. The zero-order valence-corrected chi connectivity index (χ0v) is 9.95. The SMILES string of the molecule is CCOC(=O)OC1C(C)=CCC(C)C1C. The Morgan fingerprint density at radius 3 is 2.80 bits per heavy atom. The Bertz CT molecular complexity index is 258. The Labute approximate surface area is 91.4 Å². The van der Waals surface area contributed by atoms with Gasteiger partial charge in [0.15, 0.2) is 0 Å². The third kappa shape index (κ3) is 2.98. The second-order valence-electron chi connectivity index (χ2n) is 4.24. The molecule has 3 atom stereocenters. The minimum Gasteiger partial charge on any atom is -0.435 e. The van der Waals surface area contributed by atoms with E-state index in [-0.39, 0.29) is 6.10 Å². The van der Waals surface area contributed by atoms with Gasteiger partial charge in [0.1, 0.15) is 6.10 Å². The molecular weight excluding hydrogens is 192 g/mol. The Kier molecular flexibility index (Phi) is 4.18. The van der Waals surface area contributed by atoms with Crippen LogP contribution in [-0.2, 0) is 9.47 Å². The topological polar surface area (TPSA) is 35.5 Å². The summed E-state index contributed by atoms with van der Waals surface area (Å²) in [4.78, 5) is 11.2. The summed E-state index contributed by atoms with van der Waals surface area (Å²) in [5, 5.41) is 0. The van der Waals surface area contributed by atoms with Crippen LogP contribution in [-0.4, -0.2) is 18.9 Å². The molecule has 1 aliphatic carbocycles. The smallest absolute Gasteiger partial charge is 0.435 e. The van der Waals surface area contributed by atoms with Gasteiger partial charge in [-0.15, -0.1) is 0 Å². The highest BCUT2D eigenvalue weighted by Crippen LogP contribution is 2.31. The fourth-order valence-corrected chi connectivity index (χ4v) is 1.87. The molecule has 3 nitrogen and oxygen atoms in total. The van der Waals surface area contributed by atoms with Crippen LogP contribution in [0, 0.1) is 11.8 Å². The Balaban J connectivity index is 2.62. The zero-order valence-electron chi connectivity index (χ0n) is 9.95. The molecule has 0 aliphatic heterocycles. The van der Waals surface area contributed by atoms with Crippen LogP contribution < -0.4 is 0 Å². The highest BCUT2D eigenvalue weighted by molar-refractivity contribution is 5.60. The number of hydrogen-bond acceptors (Lipinski definition) is 3. The minimum absolute atomic E-state index is 0.118. The summed E-state index contributed by atoms with van der Waals surface area (Å²) in [7, 11) is 0. The molecule has 0 radical (unpaired) electrons. The van der Waals surface area contributed by atoms with Crippen molar-refractivity contribution in [1.29, 1.82) is 0 Å². The van der Waals surface area contributed by atoms with Crippen LogP contribution in [0.4, 0.5) is 4.79 Å². The lowest BCUT2D eigenvalue weighted by molar-refractivity contribution is 0.00920. The molecule has 0 aromatic heterocycles. The number of rotatable bonds is 2. The fourth-order valence-electron chi connectivity index (χ4n) is 1.87. The van der Waals surface area contributed by atoms with Gasteiger partial charge in [-0.05, 0) is 31.8 Å². The van der Waals surface area contributed by atoms with Crippen molar-refractivity contribution in [3.05, 3.63) is 11.6 Å². The molecular formula is C12H20O3. The number of hydrogen-bond donors (Lipinski definition) is 0. The molecule has 0 heterocycles. The van der Waals surface area contributed by atoms with Gasteiger partial charge in [0.25, 0.3) is 0 Å². The van der Waals surface area contributed by atoms with Crippen molar-refractivity contribution in [2.24, 2.45) is 11.8 Å². The Hall–Kier alpha value is -0.990. The van der Waals surface area contributed by atoms with E-state index in [0.717, 1.165) is 12.0 Å². The van der Waals surface area contributed by atoms with Crippen molar-refractivity contribution in [1.82, 2.24) is 0 Å². The first-order valence-electron chi connectivity index (χ1n) is 5.56. The van der Waals surface area contributed by atoms with E-state index < -0.39 is 6.16 Å². The van der Waals surface area contributed by atoms with E-state index in [4.69, 9.17) is 9.47 Å². The van der Waals surface area contributed by atoms with Crippen LogP contribution in [0.25, 0.3) is 0 Å². The molecule has 3 unspecified atom stereocenters. The molecule has 0 N–H and O–H groups in total. The first kappa shape index (κ1) is 12.1. The second-order valence-corrected chi connectivity index (χ2v) is 4.24. The lowest BCUT2D eigenvalue weighted by Gasteiger charge is -2.32. The lowest BCUT2D eigenvalue weighted by Crippen LogP contribution is -2.33. The van der Waals surface area contributed by atoms with Gasteiger partial charge < -0.3 is 9.47 Å². The molecule has 0 bridgehead atoms. The predicted molar refractivity (Wildman–Crippen MR) is 58.6 cm³/mol. The van der Waals surface area contributed by atoms with Crippen molar-refractivity contribution < 1.29 is 14.3 Å². The first-order valence-corrected chi connectivity index (χ1v) is 5.56. The predicted octanol–water partition coefficient (Wildman–Crippen LogP) is 3.15. The van der Waals surface area contributed by atoms with E-state index in [2.05, 4.69) is 19.9 Å². The highest BCUT2D eigenvalue weighted by Gasteiger charge is 2.30. The average Bonchev–Trinajstić information content (AvgIpc) is 2.19. The maximum absolute atomic E-state index is 11.2.